The van der Waals surface area contributed by atoms with E-state index in [1.165, 1.54) is 32.7 Å². The maximum absolute atomic E-state index is 13.1. The molecule has 1 N–H and O–H groups in total. The molecule has 1 atom stereocenters. The first-order chi connectivity index (χ1) is 15.4. The van der Waals surface area contributed by atoms with Crippen LogP contribution in [0.5, 0.6) is 11.5 Å². The summed E-state index contributed by atoms with van der Waals surface area (Å²) in [4.78, 5) is 30.1. The van der Waals surface area contributed by atoms with Gasteiger partial charge in [-0.05, 0) is 36.8 Å². The summed E-state index contributed by atoms with van der Waals surface area (Å²) in [7, 11) is 4.37. The Labute approximate surface area is 195 Å². The lowest BCUT2D eigenvalue weighted by Gasteiger charge is -2.19. The average molecular weight is 475 g/mol. The second-order valence-corrected chi connectivity index (χ2v) is 8.30. The van der Waals surface area contributed by atoms with Gasteiger partial charge < -0.3 is 19.5 Å². The molecule has 0 aliphatic heterocycles. The first kappa shape index (κ1) is 23.6. The Bertz CT molecular complexity index is 1110. The number of methoxy groups -OCH3 is 3. The van der Waals surface area contributed by atoms with E-state index >= 15 is 0 Å². The molecule has 0 radical (unpaired) electrons. The number of nitrogens with zero attached hydrogens (tertiary/aromatic N) is 1. The van der Waals surface area contributed by atoms with Gasteiger partial charge in [-0.2, -0.15) is 0 Å². The second-order valence-electron chi connectivity index (χ2n) is 6.86. The van der Waals surface area contributed by atoms with Crippen LogP contribution in [0, 0.1) is 6.92 Å². The van der Waals surface area contributed by atoms with Gasteiger partial charge in [0.1, 0.15) is 9.88 Å². The SMILES string of the molecule is COC(=O)CC(NC(=O)c1sc(-c2ccc(Cl)cc2)nc1C)c1ccc(OC)c(OC)c1. The third-order valence-corrected chi connectivity index (χ3v) is 6.26. The fourth-order valence-electron chi connectivity index (χ4n) is 3.12. The number of benzene rings is 2. The first-order valence-electron chi connectivity index (χ1n) is 9.69. The number of hydrogen-bond donors (Lipinski definition) is 1. The van der Waals surface area contributed by atoms with Crippen molar-refractivity contribution in [3.8, 4) is 22.1 Å². The van der Waals surface area contributed by atoms with Crippen LogP contribution in [-0.2, 0) is 9.53 Å². The van der Waals surface area contributed by atoms with Crippen molar-refractivity contribution < 1.29 is 23.8 Å². The lowest BCUT2D eigenvalue weighted by atomic mass is 10.0. The zero-order valence-electron chi connectivity index (χ0n) is 18.1. The summed E-state index contributed by atoms with van der Waals surface area (Å²) in [5.41, 5.74) is 2.15. The number of carbonyl (C=O) groups is 2. The Kier molecular flexibility index (Phi) is 7.71. The van der Waals surface area contributed by atoms with Crippen molar-refractivity contribution in [3.63, 3.8) is 0 Å². The number of thiazole rings is 1. The molecule has 0 saturated carbocycles. The molecule has 3 rings (SSSR count). The third kappa shape index (κ3) is 5.38. The molecule has 1 unspecified atom stereocenters. The molecular formula is C23H23ClN2O5S. The van der Waals surface area contributed by atoms with Crippen LogP contribution in [0.1, 0.15) is 33.4 Å². The van der Waals surface area contributed by atoms with Crippen molar-refractivity contribution in [1.82, 2.24) is 10.3 Å². The molecule has 1 amide bonds. The Morgan fingerprint density at radius 1 is 1.06 bits per heavy atom. The number of amides is 1. The lowest BCUT2D eigenvalue weighted by molar-refractivity contribution is -0.141. The van der Waals surface area contributed by atoms with Gasteiger partial charge in [0.25, 0.3) is 5.91 Å². The van der Waals surface area contributed by atoms with E-state index in [0.29, 0.717) is 37.7 Å². The Morgan fingerprint density at radius 2 is 1.75 bits per heavy atom. The van der Waals surface area contributed by atoms with Gasteiger partial charge in [-0.1, -0.05) is 29.8 Å². The highest BCUT2D eigenvalue weighted by atomic mass is 35.5. The largest absolute Gasteiger partial charge is 0.493 e. The number of hydrogen-bond acceptors (Lipinski definition) is 7. The predicted molar refractivity (Wildman–Crippen MR) is 124 cm³/mol. The number of aryl methyl sites for hydroxylation is 1. The van der Waals surface area contributed by atoms with Crippen LogP contribution in [0.4, 0.5) is 0 Å². The highest BCUT2D eigenvalue weighted by molar-refractivity contribution is 7.17. The first-order valence-corrected chi connectivity index (χ1v) is 10.9. The Balaban J connectivity index is 1.89. The fourth-order valence-corrected chi connectivity index (χ4v) is 4.22. The number of esters is 1. The molecule has 168 valence electrons. The van der Waals surface area contributed by atoms with Crippen molar-refractivity contribution in [2.45, 2.75) is 19.4 Å². The van der Waals surface area contributed by atoms with Crippen LogP contribution in [0.3, 0.4) is 0 Å². The standard InChI is InChI=1S/C23H23ClN2O5S/c1-13-21(32-23(25-13)14-5-8-16(24)9-6-14)22(28)26-17(12-20(27)31-4)15-7-10-18(29-2)19(11-15)30-3/h5-11,17H,12H2,1-4H3,(H,26,28). The quantitative estimate of drug-likeness (QED) is 0.471. The zero-order chi connectivity index (χ0) is 23.3. The number of carbonyl (C=O) groups excluding carboxylic acids is 2. The van der Waals surface area contributed by atoms with E-state index in [4.69, 9.17) is 25.8 Å². The number of aromatic nitrogens is 1. The Hall–Kier alpha value is -3.10. The maximum atomic E-state index is 13.1. The highest BCUT2D eigenvalue weighted by Gasteiger charge is 2.24. The summed E-state index contributed by atoms with van der Waals surface area (Å²) < 4.78 is 15.4. The van der Waals surface area contributed by atoms with E-state index in [-0.39, 0.29) is 12.3 Å². The molecule has 1 heterocycles. The molecule has 0 saturated heterocycles. The smallest absolute Gasteiger partial charge is 0.307 e. The van der Waals surface area contributed by atoms with Gasteiger partial charge in [0, 0.05) is 10.6 Å². The van der Waals surface area contributed by atoms with Gasteiger partial charge in [-0.3, -0.25) is 9.59 Å². The van der Waals surface area contributed by atoms with Gasteiger partial charge in [-0.25, -0.2) is 4.98 Å². The van der Waals surface area contributed by atoms with Crippen LogP contribution in [0.2, 0.25) is 5.02 Å². The molecule has 2 aromatic carbocycles. The third-order valence-electron chi connectivity index (χ3n) is 4.81. The van der Waals surface area contributed by atoms with Gasteiger partial charge >= 0.3 is 5.97 Å². The normalized spacial score (nSPS) is 11.5. The van der Waals surface area contributed by atoms with Gasteiger partial charge in [0.15, 0.2) is 11.5 Å². The molecule has 0 aliphatic rings. The van der Waals surface area contributed by atoms with Crippen LogP contribution in [0.15, 0.2) is 42.5 Å². The van der Waals surface area contributed by atoms with Gasteiger partial charge in [-0.15, -0.1) is 11.3 Å². The number of ether oxygens (including phenoxy) is 3. The minimum atomic E-state index is -0.629. The van der Waals surface area contributed by atoms with Crippen LogP contribution >= 0.6 is 22.9 Å². The molecule has 3 aromatic rings. The van der Waals surface area contributed by atoms with E-state index in [9.17, 15) is 9.59 Å². The molecule has 0 bridgehead atoms. The number of halogens is 1. The van der Waals surface area contributed by atoms with E-state index in [1.54, 1.807) is 37.3 Å². The summed E-state index contributed by atoms with van der Waals surface area (Å²) in [6, 6.07) is 11.8. The van der Waals surface area contributed by atoms with E-state index in [0.717, 1.165) is 5.56 Å². The summed E-state index contributed by atoms with van der Waals surface area (Å²) in [6.45, 7) is 1.77. The summed E-state index contributed by atoms with van der Waals surface area (Å²) in [5, 5.41) is 4.27. The van der Waals surface area contributed by atoms with Crippen molar-refractivity contribution in [1.29, 1.82) is 0 Å². The lowest BCUT2D eigenvalue weighted by Crippen LogP contribution is -2.30. The number of rotatable bonds is 8. The minimum Gasteiger partial charge on any atom is -0.493 e. The topological polar surface area (TPSA) is 86.8 Å². The molecule has 0 aliphatic carbocycles. The monoisotopic (exact) mass is 474 g/mol. The van der Waals surface area contributed by atoms with E-state index in [1.807, 2.05) is 12.1 Å². The number of nitrogens with one attached hydrogen (secondary N) is 1. The summed E-state index contributed by atoms with van der Waals surface area (Å²) >= 11 is 7.23. The van der Waals surface area contributed by atoms with Crippen LogP contribution in [-0.4, -0.2) is 38.2 Å². The minimum absolute atomic E-state index is 0.0420. The fraction of sp³-hybridized carbons (Fsp3) is 0.261. The molecule has 0 fully saturated rings. The molecular weight excluding hydrogens is 452 g/mol. The average Bonchev–Trinajstić information content (AvgIpc) is 3.20. The van der Waals surface area contributed by atoms with Crippen LogP contribution < -0.4 is 14.8 Å². The molecule has 1 aromatic heterocycles. The van der Waals surface area contributed by atoms with Crippen LogP contribution in [0.25, 0.3) is 10.6 Å². The van der Waals surface area contributed by atoms with E-state index in [2.05, 4.69) is 10.3 Å². The highest BCUT2D eigenvalue weighted by Crippen LogP contribution is 2.32. The van der Waals surface area contributed by atoms with Gasteiger partial charge in [0.2, 0.25) is 0 Å². The van der Waals surface area contributed by atoms with Crippen molar-refractivity contribution >= 4 is 34.8 Å². The van der Waals surface area contributed by atoms with E-state index < -0.39 is 12.0 Å². The molecule has 9 heteroatoms. The summed E-state index contributed by atoms with van der Waals surface area (Å²) in [6.07, 6.45) is -0.0420. The van der Waals surface area contributed by atoms with Crippen molar-refractivity contribution in [2.24, 2.45) is 0 Å². The van der Waals surface area contributed by atoms with Crippen molar-refractivity contribution in [2.75, 3.05) is 21.3 Å². The molecule has 32 heavy (non-hydrogen) atoms. The second kappa shape index (κ2) is 10.5. The maximum Gasteiger partial charge on any atom is 0.307 e. The molecule has 0 spiro atoms. The predicted octanol–water partition coefficient (Wildman–Crippen LogP) is 4.82. The van der Waals surface area contributed by atoms with Crippen molar-refractivity contribution in [3.05, 3.63) is 63.6 Å². The zero-order valence-corrected chi connectivity index (χ0v) is 19.7. The summed E-state index contributed by atoms with van der Waals surface area (Å²) in [5.74, 6) is 0.260. The molecule has 7 nitrogen and oxygen atoms in total. The Morgan fingerprint density at radius 3 is 2.38 bits per heavy atom. The van der Waals surface area contributed by atoms with Gasteiger partial charge in [0.05, 0.1) is 39.5 Å².